The molecule has 0 amide bonds. The molecular formula is C24H34O5. The monoisotopic (exact) mass is 402 g/mol. The zero-order valence-electron chi connectivity index (χ0n) is 17.2. The Hall–Kier alpha value is -1.24. The van der Waals surface area contributed by atoms with E-state index >= 15 is 0 Å². The minimum atomic E-state index is -0.0400. The van der Waals surface area contributed by atoms with Crippen molar-refractivity contribution in [2.45, 2.75) is 81.8 Å². The predicted octanol–water partition coefficient (Wildman–Crippen LogP) is 4.05. The van der Waals surface area contributed by atoms with Crippen molar-refractivity contribution >= 4 is 0 Å². The van der Waals surface area contributed by atoms with Crippen molar-refractivity contribution in [3.8, 4) is 0 Å². The molecular weight excluding hydrogens is 368 g/mol. The summed E-state index contributed by atoms with van der Waals surface area (Å²) in [6, 6.07) is 10.2. The highest BCUT2D eigenvalue weighted by molar-refractivity contribution is 5.13. The minimum absolute atomic E-state index is 0.00988. The van der Waals surface area contributed by atoms with Crippen molar-refractivity contribution in [3.63, 3.8) is 0 Å². The minimum Gasteiger partial charge on any atom is -0.375 e. The second-order valence-corrected chi connectivity index (χ2v) is 8.29. The Labute approximate surface area is 174 Å². The maximum absolute atomic E-state index is 6.60. The van der Waals surface area contributed by atoms with E-state index in [-0.39, 0.29) is 36.6 Å². The molecule has 5 nitrogen and oxygen atoms in total. The van der Waals surface area contributed by atoms with E-state index in [0.29, 0.717) is 13.2 Å². The molecule has 5 heteroatoms. The standard InChI is InChI=1S/C24H34O5/c1-2-8-19-23(15-22-20(28-19)11-6-13-26-22)29-21-12-7-14-27-24(21)17-25-16-18-9-4-3-5-10-18/h2-5,9-10,19-24H,1,6-8,11-17H2/t19-,20+,21-,22-,23+,24+/m0/s1. The Bertz CT molecular complexity index is 621. The average molecular weight is 403 g/mol. The molecule has 0 spiro atoms. The summed E-state index contributed by atoms with van der Waals surface area (Å²) in [7, 11) is 0. The first-order valence-electron chi connectivity index (χ1n) is 11.1. The molecule has 1 aromatic carbocycles. The second-order valence-electron chi connectivity index (χ2n) is 8.29. The van der Waals surface area contributed by atoms with Crippen molar-refractivity contribution < 1.29 is 23.7 Å². The molecule has 1 aromatic rings. The number of hydrogen-bond acceptors (Lipinski definition) is 5. The van der Waals surface area contributed by atoms with Crippen molar-refractivity contribution in [3.05, 3.63) is 48.6 Å². The van der Waals surface area contributed by atoms with Gasteiger partial charge in [0.2, 0.25) is 0 Å². The maximum Gasteiger partial charge on any atom is 0.107 e. The summed E-state index contributed by atoms with van der Waals surface area (Å²) in [5.41, 5.74) is 1.17. The molecule has 0 saturated carbocycles. The van der Waals surface area contributed by atoms with Crippen molar-refractivity contribution in [2.24, 2.45) is 0 Å². The Balaban J connectivity index is 1.33. The highest BCUT2D eigenvalue weighted by atomic mass is 16.6. The van der Waals surface area contributed by atoms with Gasteiger partial charge >= 0.3 is 0 Å². The molecule has 3 heterocycles. The third-order valence-electron chi connectivity index (χ3n) is 6.13. The van der Waals surface area contributed by atoms with Gasteiger partial charge in [0.1, 0.15) is 6.10 Å². The van der Waals surface area contributed by atoms with E-state index in [2.05, 4.69) is 18.7 Å². The predicted molar refractivity (Wildman–Crippen MR) is 111 cm³/mol. The second kappa shape index (κ2) is 10.7. The molecule has 0 aromatic heterocycles. The van der Waals surface area contributed by atoms with E-state index in [9.17, 15) is 0 Å². The van der Waals surface area contributed by atoms with Gasteiger partial charge in [-0.05, 0) is 37.7 Å². The number of fused-ring (bicyclic) bond motifs is 1. The molecule has 3 saturated heterocycles. The lowest BCUT2D eigenvalue weighted by Gasteiger charge is -2.45. The van der Waals surface area contributed by atoms with Gasteiger partial charge in [0.05, 0.1) is 43.7 Å². The van der Waals surface area contributed by atoms with Crippen molar-refractivity contribution in [1.82, 2.24) is 0 Å². The van der Waals surface area contributed by atoms with Crippen LogP contribution in [0.3, 0.4) is 0 Å². The molecule has 3 fully saturated rings. The lowest BCUT2D eigenvalue weighted by atomic mass is 9.92. The van der Waals surface area contributed by atoms with Crippen LogP contribution in [-0.2, 0) is 30.3 Å². The Morgan fingerprint density at radius 3 is 2.66 bits per heavy atom. The van der Waals surface area contributed by atoms with Gasteiger partial charge < -0.3 is 23.7 Å². The third kappa shape index (κ3) is 5.68. The fraction of sp³-hybridized carbons (Fsp3) is 0.667. The molecule has 0 unspecified atom stereocenters. The van der Waals surface area contributed by atoms with Gasteiger partial charge in [-0.25, -0.2) is 0 Å². The van der Waals surface area contributed by atoms with E-state index < -0.39 is 0 Å². The molecule has 0 aliphatic carbocycles. The number of benzene rings is 1. The summed E-state index contributed by atoms with van der Waals surface area (Å²) < 4.78 is 30.9. The van der Waals surface area contributed by atoms with Gasteiger partial charge in [-0.15, -0.1) is 6.58 Å². The SMILES string of the molecule is C=CC[C@@H]1O[C@@H]2CCCO[C@H]2C[C@H]1O[C@H]1CCCO[C@@H]1COCc1ccccc1. The first kappa shape index (κ1) is 21.0. The van der Waals surface area contributed by atoms with Crippen LogP contribution in [0.4, 0.5) is 0 Å². The summed E-state index contributed by atoms with van der Waals surface area (Å²) in [5.74, 6) is 0. The topological polar surface area (TPSA) is 46.2 Å². The number of hydrogen-bond donors (Lipinski definition) is 0. The number of ether oxygens (including phenoxy) is 5. The quantitative estimate of drug-likeness (QED) is 0.614. The lowest BCUT2D eigenvalue weighted by Crippen LogP contribution is -2.53. The molecule has 3 aliphatic heterocycles. The number of rotatable bonds is 8. The Morgan fingerprint density at radius 2 is 1.79 bits per heavy atom. The summed E-state index contributed by atoms with van der Waals surface area (Å²) in [5, 5.41) is 0. The molecule has 160 valence electrons. The molecule has 3 aliphatic rings. The van der Waals surface area contributed by atoms with Gasteiger partial charge in [0.15, 0.2) is 0 Å². The van der Waals surface area contributed by atoms with Gasteiger partial charge in [0, 0.05) is 19.6 Å². The van der Waals surface area contributed by atoms with Gasteiger partial charge in [-0.1, -0.05) is 36.4 Å². The van der Waals surface area contributed by atoms with E-state index in [4.69, 9.17) is 23.7 Å². The van der Waals surface area contributed by atoms with Crippen molar-refractivity contribution in [2.75, 3.05) is 19.8 Å². The van der Waals surface area contributed by atoms with Crippen LogP contribution in [-0.4, -0.2) is 56.4 Å². The van der Waals surface area contributed by atoms with Crippen LogP contribution < -0.4 is 0 Å². The first-order chi connectivity index (χ1) is 14.3. The molecule has 29 heavy (non-hydrogen) atoms. The lowest BCUT2D eigenvalue weighted by molar-refractivity contribution is -0.238. The highest BCUT2D eigenvalue weighted by Crippen LogP contribution is 2.34. The van der Waals surface area contributed by atoms with Crippen LogP contribution in [0, 0.1) is 0 Å². The zero-order chi connectivity index (χ0) is 19.9. The van der Waals surface area contributed by atoms with E-state index in [0.717, 1.165) is 51.7 Å². The van der Waals surface area contributed by atoms with Crippen molar-refractivity contribution in [1.29, 1.82) is 0 Å². The molecule has 6 atom stereocenters. The van der Waals surface area contributed by atoms with E-state index in [1.807, 2.05) is 24.3 Å². The molecule has 4 rings (SSSR count). The van der Waals surface area contributed by atoms with Gasteiger partial charge in [-0.2, -0.15) is 0 Å². The van der Waals surface area contributed by atoms with Crippen LogP contribution >= 0.6 is 0 Å². The Morgan fingerprint density at radius 1 is 0.966 bits per heavy atom. The average Bonchev–Trinajstić information content (AvgIpc) is 2.76. The Kier molecular flexibility index (Phi) is 7.74. The van der Waals surface area contributed by atoms with E-state index in [1.54, 1.807) is 0 Å². The smallest absolute Gasteiger partial charge is 0.107 e. The first-order valence-corrected chi connectivity index (χ1v) is 11.1. The summed E-state index contributed by atoms with van der Waals surface area (Å²) >= 11 is 0. The zero-order valence-corrected chi connectivity index (χ0v) is 17.2. The summed E-state index contributed by atoms with van der Waals surface area (Å²) in [6.45, 7) is 6.64. The van der Waals surface area contributed by atoms with Gasteiger partial charge in [0.25, 0.3) is 0 Å². The fourth-order valence-electron chi connectivity index (χ4n) is 4.61. The van der Waals surface area contributed by atoms with Crippen LogP contribution in [0.25, 0.3) is 0 Å². The summed E-state index contributed by atoms with van der Waals surface area (Å²) in [6.07, 6.45) is 8.16. The highest BCUT2D eigenvalue weighted by Gasteiger charge is 2.42. The van der Waals surface area contributed by atoms with Gasteiger partial charge in [-0.3, -0.25) is 0 Å². The van der Waals surface area contributed by atoms with E-state index in [1.165, 1.54) is 5.56 Å². The fourth-order valence-corrected chi connectivity index (χ4v) is 4.61. The summed E-state index contributed by atoms with van der Waals surface area (Å²) in [4.78, 5) is 0. The van der Waals surface area contributed by atoms with Crippen LogP contribution in [0.15, 0.2) is 43.0 Å². The third-order valence-corrected chi connectivity index (χ3v) is 6.13. The largest absolute Gasteiger partial charge is 0.375 e. The van der Waals surface area contributed by atoms with Crippen LogP contribution in [0.2, 0.25) is 0 Å². The molecule has 0 N–H and O–H groups in total. The molecule has 0 bridgehead atoms. The van der Waals surface area contributed by atoms with Crippen LogP contribution in [0.5, 0.6) is 0 Å². The molecule has 0 radical (unpaired) electrons. The normalized spacial score (nSPS) is 35.0. The van der Waals surface area contributed by atoms with Crippen LogP contribution in [0.1, 0.15) is 44.1 Å². The maximum atomic E-state index is 6.60.